The van der Waals surface area contributed by atoms with Gasteiger partial charge in [0.15, 0.2) is 11.5 Å². The molecule has 0 N–H and O–H groups in total. The maximum Gasteiger partial charge on any atom is 0.309 e. The maximum atomic E-state index is 11.8. The molecule has 21 heavy (non-hydrogen) atoms. The topological polar surface area (TPSA) is 85.5 Å². The first-order valence-corrected chi connectivity index (χ1v) is 6.86. The van der Waals surface area contributed by atoms with E-state index in [1.165, 1.54) is 4.63 Å². The summed E-state index contributed by atoms with van der Waals surface area (Å²) < 4.78 is 6.50. The lowest BCUT2D eigenvalue weighted by molar-refractivity contribution is -0.147. The van der Waals surface area contributed by atoms with Gasteiger partial charge in [-0.3, -0.25) is 4.79 Å². The van der Waals surface area contributed by atoms with Crippen molar-refractivity contribution in [2.75, 3.05) is 24.6 Å². The lowest BCUT2D eigenvalue weighted by Gasteiger charge is -2.31. The number of ether oxygens (including phenoxy) is 1. The van der Waals surface area contributed by atoms with Gasteiger partial charge in [-0.15, -0.1) is 14.8 Å². The fraction of sp³-hybridized carbons (Fsp3) is 0.462. The summed E-state index contributed by atoms with van der Waals surface area (Å²) in [6.07, 6.45) is 3.09. The summed E-state index contributed by atoms with van der Waals surface area (Å²) in [5, 5.41) is 15.5. The molecule has 1 saturated heterocycles. The van der Waals surface area contributed by atoms with Crippen molar-refractivity contribution in [2.24, 2.45) is 5.92 Å². The fourth-order valence-corrected chi connectivity index (χ4v) is 2.41. The molecule has 3 rings (SSSR count). The molecule has 2 aromatic rings. The summed E-state index contributed by atoms with van der Waals surface area (Å²) >= 11 is 0. The molecule has 8 nitrogen and oxygen atoms in total. The van der Waals surface area contributed by atoms with E-state index in [2.05, 4.69) is 32.1 Å². The predicted octanol–water partition coefficient (Wildman–Crippen LogP) is 0.465. The maximum absolute atomic E-state index is 11.8. The molecule has 0 atom stereocenters. The van der Waals surface area contributed by atoms with Gasteiger partial charge in [-0.1, -0.05) is 12.7 Å². The Balaban J connectivity index is 1.62. The van der Waals surface area contributed by atoms with Crippen molar-refractivity contribution >= 4 is 17.4 Å². The molecule has 0 radical (unpaired) electrons. The van der Waals surface area contributed by atoms with E-state index >= 15 is 0 Å². The number of tetrazole rings is 1. The van der Waals surface area contributed by atoms with Gasteiger partial charge in [0.25, 0.3) is 0 Å². The van der Waals surface area contributed by atoms with Crippen LogP contribution in [0.2, 0.25) is 0 Å². The van der Waals surface area contributed by atoms with Crippen LogP contribution in [0.25, 0.3) is 5.65 Å². The number of rotatable bonds is 4. The van der Waals surface area contributed by atoms with Gasteiger partial charge in [0.2, 0.25) is 0 Å². The summed E-state index contributed by atoms with van der Waals surface area (Å²) in [7, 11) is 0. The molecule has 0 bridgehead atoms. The smallest absolute Gasteiger partial charge is 0.309 e. The highest BCUT2D eigenvalue weighted by Crippen LogP contribution is 2.22. The predicted molar refractivity (Wildman–Crippen MR) is 74.7 cm³/mol. The van der Waals surface area contributed by atoms with Gasteiger partial charge in [-0.2, -0.15) is 0 Å². The normalized spacial score (nSPS) is 16.1. The van der Waals surface area contributed by atoms with Gasteiger partial charge in [-0.25, -0.2) is 0 Å². The molecule has 110 valence electrons. The Bertz CT molecular complexity index is 647. The zero-order valence-electron chi connectivity index (χ0n) is 11.6. The van der Waals surface area contributed by atoms with E-state index in [-0.39, 0.29) is 18.5 Å². The Kier molecular flexibility index (Phi) is 3.76. The number of esters is 1. The highest BCUT2D eigenvalue weighted by molar-refractivity contribution is 5.73. The monoisotopic (exact) mass is 288 g/mol. The second kappa shape index (κ2) is 5.86. The molecule has 1 aliphatic heterocycles. The molecule has 0 spiro atoms. The third kappa shape index (κ3) is 2.83. The van der Waals surface area contributed by atoms with Gasteiger partial charge in [0.05, 0.1) is 5.92 Å². The van der Waals surface area contributed by atoms with Crippen molar-refractivity contribution in [1.82, 2.24) is 25.3 Å². The molecule has 0 unspecified atom stereocenters. The first-order chi connectivity index (χ1) is 10.3. The molecule has 1 aliphatic rings. The quantitative estimate of drug-likeness (QED) is 0.597. The van der Waals surface area contributed by atoms with Crippen molar-refractivity contribution < 1.29 is 9.53 Å². The second-order valence-electron chi connectivity index (χ2n) is 4.90. The third-order valence-corrected chi connectivity index (χ3v) is 3.55. The Morgan fingerprint density at radius 2 is 2.24 bits per heavy atom. The molecular weight excluding hydrogens is 272 g/mol. The number of aromatic nitrogens is 5. The minimum Gasteiger partial charge on any atom is -0.461 e. The molecule has 0 saturated carbocycles. The molecule has 2 aromatic heterocycles. The Morgan fingerprint density at radius 3 is 3.00 bits per heavy atom. The minimum atomic E-state index is -0.140. The largest absolute Gasteiger partial charge is 0.461 e. The van der Waals surface area contributed by atoms with E-state index in [4.69, 9.17) is 4.74 Å². The van der Waals surface area contributed by atoms with Crippen molar-refractivity contribution in [3.63, 3.8) is 0 Å². The van der Waals surface area contributed by atoms with Crippen LogP contribution in [-0.4, -0.2) is 50.9 Å². The molecule has 0 aliphatic carbocycles. The average Bonchev–Trinajstić information content (AvgIpc) is 3.00. The van der Waals surface area contributed by atoms with E-state index < -0.39 is 0 Å². The zero-order valence-corrected chi connectivity index (χ0v) is 11.6. The number of nitrogens with zero attached hydrogens (tertiary/aromatic N) is 6. The SMILES string of the molecule is C=CCOC(=O)C1CCN(c2ccc3nnnn3n2)CC1. The summed E-state index contributed by atoms with van der Waals surface area (Å²) in [6, 6.07) is 3.72. The van der Waals surface area contributed by atoms with Gasteiger partial charge in [0.1, 0.15) is 6.61 Å². The van der Waals surface area contributed by atoms with E-state index in [9.17, 15) is 4.79 Å². The zero-order chi connectivity index (χ0) is 14.7. The van der Waals surface area contributed by atoms with Crippen molar-refractivity contribution in [1.29, 1.82) is 0 Å². The first-order valence-electron chi connectivity index (χ1n) is 6.86. The highest BCUT2D eigenvalue weighted by atomic mass is 16.5. The molecule has 3 heterocycles. The van der Waals surface area contributed by atoms with Crippen molar-refractivity contribution in [3.05, 3.63) is 24.8 Å². The van der Waals surface area contributed by atoms with E-state index in [1.807, 2.05) is 12.1 Å². The van der Waals surface area contributed by atoms with Crippen LogP contribution >= 0.6 is 0 Å². The van der Waals surface area contributed by atoms with Gasteiger partial charge < -0.3 is 9.64 Å². The van der Waals surface area contributed by atoms with Gasteiger partial charge in [0, 0.05) is 13.1 Å². The molecule has 0 amide bonds. The van der Waals surface area contributed by atoms with Crippen LogP contribution in [0, 0.1) is 5.92 Å². The van der Waals surface area contributed by atoms with E-state index in [0.29, 0.717) is 5.65 Å². The minimum absolute atomic E-state index is 0.0435. The van der Waals surface area contributed by atoms with Crippen LogP contribution in [0.4, 0.5) is 5.82 Å². The van der Waals surface area contributed by atoms with Crippen LogP contribution in [0.3, 0.4) is 0 Å². The lowest BCUT2D eigenvalue weighted by Crippen LogP contribution is -2.37. The number of anilines is 1. The second-order valence-corrected chi connectivity index (χ2v) is 4.90. The lowest BCUT2D eigenvalue weighted by atomic mass is 9.97. The Morgan fingerprint density at radius 1 is 1.43 bits per heavy atom. The van der Waals surface area contributed by atoms with Crippen LogP contribution in [-0.2, 0) is 9.53 Å². The van der Waals surface area contributed by atoms with Gasteiger partial charge >= 0.3 is 5.97 Å². The Labute approximate surface area is 121 Å². The van der Waals surface area contributed by atoms with Crippen LogP contribution in [0.15, 0.2) is 24.8 Å². The summed E-state index contributed by atoms with van der Waals surface area (Å²) in [5.74, 6) is 0.629. The van der Waals surface area contributed by atoms with Crippen molar-refractivity contribution in [3.8, 4) is 0 Å². The summed E-state index contributed by atoms with van der Waals surface area (Å²) in [4.78, 5) is 13.9. The number of carbonyl (C=O) groups is 1. The van der Waals surface area contributed by atoms with E-state index in [0.717, 1.165) is 31.7 Å². The first kappa shape index (κ1) is 13.5. The third-order valence-electron chi connectivity index (χ3n) is 3.55. The number of piperidine rings is 1. The number of hydrogen-bond acceptors (Lipinski definition) is 7. The molecule has 8 heteroatoms. The van der Waals surface area contributed by atoms with Crippen molar-refractivity contribution in [2.45, 2.75) is 12.8 Å². The standard InChI is InChI=1S/C13H16N6O2/c1-2-9-21-13(20)10-5-7-18(8-6-10)12-4-3-11-14-16-17-19(11)15-12/h2-4,10H,1,5-9H2. The van der Waals surface area contributed by atoms with E-state index in [1.54, 1.807) is 6.08 Å². The number of hydrogen-bond donors (Lipinski definition) is 0. The molecule has 0 aromatic carbocycles. The number of fused-ring (bicyclic) bond motifs is 1. The molecular formula is C13H16N6O2. The summed E-state index contributed by atoms with van der Waals surface area (Å²) in [5.41, 5.74) is 0.613. The number of carbonyl (C=O) groups excluding carboxylic acids is 1. The Hall–Kier alpha value is -2.51. The molecule has 1 fully saturated rings. The van der Waals surface area contributed by atoms with Crippen LogP contribution < -0.4 is 4.90 Å². The van der Waals surface area contributed by atoms with Crippen LogP contribution in [0.5, 0.6) is 0 Å². The summed E-state index contributed by atoms with van der Waals surface area (Å²) in [6.45, 7) is 5.33. The van der Waals surface area contributed by atoms with Crippen LogP contribution in [0.1, 0.15) is 12.8 Å². The average molecular weight is 288 g/mol. The fourth-order valence-electron chi connectivity index (χ4n) is 2.41. The van der Waals surface area contributed by atoms with Gasteiger partial charge in [-0.05, 0) is 35.4 Å². The highest BCUT2D eigenvalue weighted by Gasteiger charge is 2.26.